The SMILES string of the molecule is CCn1c(SCC(=O)NN=Cc2ccc(O)cc2)nnc1-c1ccc(C)cc1. The molecule has 2 aromatic carbocycles. The van der Waals surface area contributed by atoms with Crippen LogP contribution in [0.3, 0.4) is 0 Å². The molecule has 0 atom stereocenters. The summed E-state index contributed by atoms with van der Waals surface area (Å²) in [5.41, 5.74) is 5.45. The lowest BCUT2D eigenvalue weighted by molar-refractivity contribution is -0.118. The Kier molecular flexibility index (Phi) is 6.44. The highest BCUT2D eigenvalue weighted by atomic mass is 32.2. The number of rotatable bonds is 7. The van der Waals surface area contributed by atoms with E-state index in [1.807, 2.05) is 42.7 Å². The van der Waals surface area contributed by atoms with Gasteiger partial charge in [0, 0.05) is 12.1 Å². The number of amides is 1. The van der Waals surface area contributed by atoms with Gasteiger partial charge in [-0.1, -0.05) is 41.6 Å². The summed E-state index contributed by atoms with van der Waals surface area (Å²) >= 11 is 1.32. The first kappa shape index (κ1) is 19.6. The Labute approximate surface area is 167 Å². The van der Waals surface area contributed by atoms with Crippen LogP contribution in [0.1, 0.15) is 18.1 Å². The number of aryl methyl sites for hydroxylation is 1. The van der Waals surface area contributed by atoms with E-state index in [0.29, 0.717) is 11.7 Å². The number of thioether (sulfide) groups is 1. The summed E-state index contributed by atoms with van der Waals surface area (Å²) in [6.07, 6.45) is 1.52. The minimum Gasteiger partial charge on any atom is -0.508 e. The summed E-state index contributed by atoms with van der Waals surface area (Å²) in [5, 5.41) is 22.4. The van der Waals surface area contributed by atoms with Crippen LogP contribution in [-0.4, -0.2) is 37.7 Å². The van der Waals surface area contributed by atoms with E-state index in [0.717, 1.165) is 17.0 Å². The standard InChI is InChI=1S/C20H21N5O2S/c1-3-25-19(16-8-4-14(2)5-9-16)23-24-20(25)28-13-18(27)22-21-12-15-6-10-17(26)11-7-15/h4-12,26H,3,13H2,1-2H3,(H,22,27). The van der Waals surface area contributed by atoms with Crippen molar-refractivity contribution in [1.29, 1.82) is 0 Å². The molecule has 1 amide bonds. The average molecular weight is 395 g/mol. The molecule has 0 spiro atoms. The molecular weight excluding hydrogens is 374 g/mol. The first-order valence-electron chi connectivity index (χ1n) is 8.81. The zero-order chi connectivity index (χ0) is 19.9. The van der Waals surface area contributed by atoms with Crippen molar-refractivity contribution in [3.8, 4) is 17.1 Å². The van der Waals surface area contributed by atoms with Crippen molar-refractivity contribution in [1.82, 2.24) is 20.2 Å². The quantitative estimate of drug-likeness (QED) is 0.364. The van der Waals surface area contributed by atoms with Gasteiger partial charge in [-0.2, -0.15) is 5.10 Å². The molecule has 0 aliphatic rings. The maximum absolute atomic E-state index is 12.0. The number of carbonyl (C=O) groups excluding carboxylic acids is 1. The number of aromatic nitrogens is 3. The zero-order valence-electron chi connectivity index (χ0n) is 15.7. The Morgan fingerprint density at radius 3 is 2.57 bits per heavy atom. The van der Waals surface area contributed by atoms with Gasteiger partial charge >= 0.3 is 0 Å². The predicted molar refractivity (Wildman–Crippen MR) is 110 cm³/mol. The molecule has 3 aromatic rings. The van der Waals surface area contributed by atoms with E-state index in [9.17, 15) is 9.90 Å². The maximum atomic E-state index is 12.0. The number of phenols is 1. The molecule has 28 heavy (non-hydrogen) atoms. The Bertz CT molecular complexity index is 965. The second kappa shape index (κ2) is 9.18. The summed E-state index contributed by atoms with van der Waals surface area (Å²) in [6, 6.07) is 14.6. The number of hydrogen-bond donors (Lipinski definition) is 2. The van der Waals surface area contributed by atoms with Crippen LogP contribution < -0.4 is 5.43 Å². The number of benzene rings is 2. The largest absolute Gasteiger partial charge is 0.508 e. The van der Waals surface area contributed by atoms with Gasteiger partial charge in [-0.25, -0.2) is 5.43 Å². The maximum Gasteiger partial charge on any atom is 0.250 e. The second-order valence-corrected chi connectivity index (χ2v) is 7.03. The molecule has 3 rings (SSSR count). The van der Waals surface area contributed by atoms with Gasteiger partial charge in [0.1, 0.15) is 5.75 Å². The normalized spacial score (nSPS) is 11.1. The molecule has 0 radical (unpaired) electrons. The number of phenolic OH excluding ortho intramolecular Hbond substituents is 1. The first-order valence-corrected chi connectivity index (χ1v) is 9.79. The van der Waals surface area contributed by atoms with E-state index in [1.165, 1.54) is 23.5 Å². The molecule has 0 aliphatic carbocycles. The van der Waals surface area contributed by atoms with Gasteiger partial charge in [0.2, 0.25) is 0 Å². The molecule has 0 saturated heterocycles. The van der Waals surface area contributed by atoms with Gasteiger partial charge in [0.05, 0.1) is 12.0 Å². The zero-order valence-corrected chi connectivity index (χ0v) is 16.5. The van der Waals surface area contributed by atoms with Crippen molar-refractivity contribution in [2.75, 3.05) is 5.75 Å². The molecule has 1 aromatic heterocycles. The van der Waals surface area contributed by atoms with Gasteiger partial charge in [-0.3, -0.25) is 4.79 Å². The number of hydrogen-bond acceptors (Lipinski definition) is 6. The van der Waals surface area contributed by atoms with Crippen LogP contribution in [0.2, 0.25) is 0 Å². The molecule has 0 bridgehead atoms. The molecule has 7 nitrogen and oxygen atoms in total. The van der Waals surface area contributed by atoms with Crippen molar-refractivity contribution in [3.63, 3.8) is 0 Å². The summed E-state index contributed by atoms with van der Waals surface area (Å²) in [4.78, 5) is 12.0. The molecule has 8 heteroatoms. The molecule has 0 saturated carbocycles. The number of aromatic hydroxyl groups is 1. The summed E-state index contributed by atoms with van der Waals surface area (Å²) < 4.78 is 1.99. The van der Waals surface area contributed by atoms with E-state index in [-0.39, 0.29) is 17.4 Å². The van der Waals surface area contributed by atoms with Crippen LogP contribution in [0.4, 0.5) is 0 Å². The third-order valence-electron chi connectivity index (χ3n) is 3.97. The molecule has 0 fully saturated rings. The van der Waals surface area contributed by atoms with Crippen molar-refractivity contribution in [3.05, 3.63) is 59.7 Å². The van der Waals surface area contributed by atoms with E-state index in [2.05, 4.69) is 20.7 Å². The summed E-state index contributed by atoms with van der Waals surface area (Å²) in [5.74, 6) is 0.917. The number of nitrogens with zero attached hydrogens (tertiary/aromatic N) is 4. The average Bonchev–Trinajstić information content (AvgIpc) is 3.11. The molecule has 2 N–H and O–H groups in total. The molecular formula is C20H21N5O2S. The second-order valence-electron chi connectivity index (χ2n) is 6.09. The van der Waals surface area contributed by atoms with Crippen LogP contribution in [0.25, 0.3) is 11.4 Å². The fourth-order valence-corrected chi connectivity index (χ4v) is 3.29. The third kappa shape index (κ3) is 4.98. The minimum absolute atomic E-state index is 0.180. The first-order chi connectivity index (χ1) is 13.6. The fourth-order valence-electron chi connectivity index (χ4n) is 2.50. The van der Waals surface area contributed by atoms with E-state index in [4.69, 9.17) is 0 Å². The molecule has 0 aliphatic heterocycles. The topological polar surface area (TPSA) is 92.4 Å². The van der Waals surface area contributed by atoms with Gasteiger partial charge < -0.3 is 9.67 Å². The van der Waals surface area contributed by atoms with Crippen LogP contribution in [0.5, 0.6) is 5.75 Å². The highest BCUT2D eigenvalue weighted by Crippen LogP contribution is 2.24. The number of nitrogens with one attached hydrogen (secondary N) is 1. The number of hydrazone groups is 1. The Morgan fingerprint density at radius 1 is 1.18 bits per heavy atom. The van der Waals surface area contributed by atoms with Crippen LogP contribution in [0.15, 0.2) is 58.8 Å². The lowest BCUT2D eigenvalue weighted by Crippen LogP contribution is -2.20. The Balaban J connectivity index is 1.58. The molecule has 144 valence electrons. The smallest absolute Gasteiger partial charge is 0.250 e. The Hall–Kier alpha value is -3.13. The lowest BCUT2D eigenvalue weighted by Gasteiger charge is -2.07. The van der Waals surface area contributed by atoms with Crippen molar-refractivity contribution < 1.29 is 9.90 Å². The van der Waals surface area contributed by atoms with E-state index in [1.54, 1.807) is 24.3 Å². The van der Waals surface area contributed by atoms with Crippen molar-refractivity contribution >= 4 is 23.9 Å². The van der Waals surface area contributed by atoms with Crippen LogP contribution in [-0.2, 0) is 11.3 Å². The highest BCUT2D eigenvalue weighted by molar-refractivity contribution is 7.99. The molecule has 1 heterocycles. The van der Waals surface area contributed by atoms with Crippen LogP contribution in [0, 0.1) is 6.92 Å². The van der Waals surface area contributed by atoms with Crippen molar-refractivity contribution in [2.45, 2.75) is 25.5 Å². The lowest BCUT2D eigenvalue weighted by atomic mass is 10.1. The minimum atomic E-state index is -0.234. The molecule has 0 unspecified atom stereocenters. The van der Waals surface area contributed by atoms with Crippen molar-refractivity contribution in [2.24, 2.45) is 5.10 Å². The van der Waals surface area contributed by atoms with Crippen LogP contribution >= 0.6 is 11.8 Å². The summed E-state index contributed by atoms with van der Waals surface area (Å²) in [7, 11) is 0. The summed E-state index contributed by atoms with van der Waals surface area (Å²) in [6.45, 7) is 4.77. The van der Waals surface area contributed by atoms with E-state index < -0.39 is 0 Å². The Morgan fingerprint density at radius 2 is 1.89 bits per heavy atom. The van der Waals surface area contributed by atoms with Gasteiger partial charge in [-0.05, 0) is 43.7 Å². The predicted octanol–water partition coefficient (Wildman–Crippen LogP) is 3.22. The van der Waals surface area contributed by atoms with Gasteiger partial charge in [-0.15, -0.1) is 10.2 Å². The monoisotopic (exact) mass is 395 g/mol. The third-order valence-corrected chi connectivity index (χ3v) is 4.94. The van der Waals surface area contributed by atoms with E-state index >= 15 is 0 Å². The van der Waals surface area contributed by atoms with Gasteiger partial charge in [0.25, 0.3) is 5.91 Å². The number of carbonyl (C=O) groups is 1. The fraction of sp³-hybridized carbons (Fsp3) is 0.200. The van der Waals surface area contributed by atoms with Gasteiger partial charge in [0.15, 0.2) is 11.0 Å². The highest BCUT2D eigenvalue weighted by Gasteiger charge is 2.14.